The molecule has 0 fully saturated rings. The number of aliphatic hydroxyl groups excluding tert-OH is 1. The van der Waals surface area contributed by atoms with Gasteiger partial charge in [0.1, 0.15) is 11.7 Å². The van der Waals surface area contributed by atoms with Gasteiger partial charge < -0.3 is 10.2 Å². The van der Waals surface area contributed by atoms with Crippen LogP contribution in [0.5, 0.6) is 0 Å². The van der Waals surface area contributed by atoms with E-state index in [2.05, 4.69) is 0 Å². The first kappa shape index (κ1) is 25.1. The van der Waals surface area contributed by atoms with Crippen molar-refractivity contribution >= 4 is 23.1 Å². The molecular weight excluding hydrogens is 514 g/mol. The second kappa shape index (κ2) is 9.85. The van der Waals surface area contributed by atoms with Crippen molar-refractivity contribution in [2.24, 2.45) is 4.99 Å². The van der Waals surface area contributed by atoms with Crippen LogP contribution in [0.4, 0.5) is 5.69 Å². The smallest absolute Gasteiger partial charge is 0.270 e. The molecule has 3 aromatic carbocycles. The number of nitro benzene ring substituents is 1. The summed E-state index contributed by atoms with van der Waals surface area (Å²) in [6.45, 7) is 0. The highest BCUT2D eigenvalue weighted by molar-refractivity contribution is 7.07. The molecule has 9 heteroatoms. The maximum atomic E-state index is 13.8. The Morgan fingerprint density at radius 3 is 2.38 bits per heavy atom. The van der Waals surface area contributed by atoms with Crippen molar-refractivity contribution in [3.63, 3.8) is 0 Å². The lowest BCUT2D eigenvalue weighted by molar-refractivity contribution is -0.384. The number of aromatic nitrogens is 1. The van der Waals surface area contributed by atoms with Gasteiger partial charge in [-0.1, -0.05) is 72.0 Å². The SMILES string of the molecule is O=c1/c(=C\c2ccc([N+](=O)[O-])cc2)sc2n1C(c1ccccc1)C1(O)CCCC(C(O)c3ccccc3)=C1N=2. The monoisotopic (exact) mass is 539 g/mol. The lowest BCUT2D eigenvalue weighted by atomic mass is 9.73. The molecule has 39 heavy (non-hydrogen) atoms. The van der Waals surface area contributed by atoms with Crippen LogP contribution in [-0.4, -0.2) is 25.3 Å². The van der Waals surface area contributed by atoms with Crippen LogP contribution in [0.3, 0.4) is 0 Å². The second-order valence-electron chi connectivity index (χ2n) is 9.81. The Morgan fingerprint density at radius 1 is 1.05 bits per heavy atom. The number of aliphatic hydroxyl groups is 2. The van der Waals surface area contributed by atoms with Crippen molar-refractivity contribution in [2.75, 3.05) is 0 Å². The first-order chi connectivity index (χ1) is 18.9. The van der Waals surface area contributed by atoms with Crippen LogP contribution in [0.1, 0.15) is 48.1 Å². The van der Waals surface area contributed by atoms with Gasteiger partial charge in [0.15, 0.2) is 4.80 Å². The number of nitrogens with zero attached hydrogens (tertiary/aromatic N) is 3. The van der Waals surface area contributed by atoms with Gasteiger partial charge in [-0.05, 0) is 59.7 Å². The number of fused-ring (bicyclic) bond motifs is 2. The van der Waals surface area contributed by atoms with Crippen LogP contribution in [0.15, 0.2) is 106 Å². The van der Waals surface area contributed by atoms with Crippen molar-refractivity contribution in [2.45, 2.75) is 37.0 Å². The average Bonchev–Trinajstić information content (AvgIpc) is 3.26. The number of hydrogen-bond acceptors (Lipinski definition) is 7. The van der Waals surface area contributed by atoms with Crippen molar-refractivity contribution < 1.29 is 15.1 Å². The predicted octanol–water partition coefficient (Wildman–Crippen LogP) is 3.77. The first-order valence-electron chi connectivity index (χ1n) is 12.7. The molecule has 0 saturated heterocycles. The summed E-state index contributed by atoms with van der Waals surface area (Å²) in [7, 11) is 0. The standard InChI is InChI=1S/C30H25N3O5S/c34-25(20-8-3-1-4-9-20)23-12-7-17-30(36)26(23)31-29-32(27(30)21-10-5-2-6-11-21)28(35)24(39-29)18-19-13-15-22(16-14-19)33(37)38/h1-6,8-11,13-16,18,25,27,34,36H,7,12,17H2/b24-18+. The van der Waals surface area contributed by atoms with Crippen LogP contribution >= 0.6 is 11.3 Å². The van der Waals surface area contributed by atoms with E-state index in [9.17, 15) is 25.1 Å². The zero-order chi connectivity index (χ0) is 27.1. The van der Waals surface area contributed by atoms with Gasteiger partial charge in [0, 0.05) is 12.1 Å². The normalized spacial score (nSPS) is 21.6. The number of hydrogen-bond donors (Lipinski definition) is 2. The lowest BCUT2D eigenvalue weighted by Gasteiger charge is -2.43. The molecule has 0 bridgehead atoms. The van der Waals surface area contributed by atoms with E-state index in [1.807, 2.05) is 60.7 Å². The quantitative estimate of drug-likeness (QED) is 0.296. The van der Waals surface area contributed by atoms with E-state index in [4.69, 9.17) is 4.99 Å². The number of thiazole rings is 1. The number of non-ortho nitro benzene ring substituents is 1. The summed E-state index contributed by atoms with van der Waals surface area (Å²) in [4.78, 5) is 29.7. The highest BCUT2D eigenvalue weighted by atomic mass is 32.1. The van der Waals surface area contributed by atoms with Crippen molar-refractivity contribution in [1.29, 1.82) is 0 Å². The summed E-state index contributed by atoms with van der Waals surface area (Å²) in [6.07, 6.45) is 2.35. The average molecular weight is 540 g/mol. The van der Waals surface area contributed by atoms with Crippen LogP contribution in [0, 0.1) is 10.1 Å². The molecule has 0 saturated carbocycles. The Morgan fingerprint density at radius 2 is 1.72 bits per heavy atom. The molecule has 2 N–H and O–H groups in total. The Kier molecular flexibility index (Phi) is 6.34. The molecule has 1 aliphatic carbocycles. The van der Waals surface area contributed by atoms with Crippen molar-refractivity contribution in [3.05, 3.63) is 143 Å². The molecule has 3 atom stereocenters. The molecule has 196 valence electrons. The third kappa shape index (κ3) is 4.34. The van der Waals surface area contributed by atoms with E-state index in [0.29, 0.717) is 45.4 Å². The zero-order valence-electron chi connectivity index (χ0n) is 20.8. The molecule has 8 nitrogen and oxygen atoms in total. The number of rotatable bonds is 5. The fourth-order valence-electron chi connectivity index (χ4n) is 5.61. The summed E-state index contributed by atoms with van der Waals surface area (Å²) >= 11 is 1.20. The number of benzene rings is 3. The minimum absolute atomic E-state index is 0.0313. The van der Waals surface area contributed by atoms with E-state index in [1.54, 1.807) is 22.8 Å². The van der Waals surface area contributed by atoms with E-state index in [-0.39, 0.29) is 11.2 Å². The molecular formula is C30H25N3O5S. The number of nitro groups is 1. The van der Waals surface area contributed by atoms with Gasteiger partial charge in [-0.15, -0.1) is 0 Å². The molecule has 6 rings (SSSR count). The first-order valence-corrected chi connectivity index (χ1v) is 13.5. The topological polar surface area (TPSA) is 118 Å². The third-order valence-corrected chi connectivity index (χ3v) is 8.42. The summed E-state index contributed by atoms with van der Waals surface area (Å²) in [5.41, 5.74) is 1.38. The fourth-order valence-corrected chi connectivity index (χ4v) is 6.61. The van der Waals surface area contributed by atoms with Gasteiger partial charge in [0.2, 0.25) is 0 Å². The molecule has 1 aliphatic heterocycles. The highest BCUT2D eigenvalue weighted by Crippen LogP contribution is 2.48. The molecule has 3 unspecified atom stereocenters. The van der Waals surface area contributed by atoms with E-state index in [0.717, 1.165) is 11.1 Å². The van der Waals surface area contributed by atoms with Crippen LogP contribution < -0.4 is 14.9 Å². The molecule has 4 aromatic rings. The Balaban J connectivity index is 1.59. The summed E-state index contributed by atoms with van der Waals surface area (Å²) in [6, 6.07) is 24.0. The maximum absolute atomic E-state index is 13.8. The van der Waals surface area contributed by atoms with Crippen molar-refractivity contribution in [1.82, 2.24) is 4.57 Å². The Bertz CT molecular complexity index is 1760. The molecule has 0 radical (unpaired) electrons. The molecule has 0 spiro atoms. The maximum Gasteiger partial charge on any atom is 0.270 e. The third-order valence-electron chi connectivity index (χ3n) is 7.44. The van der Waals surface area contributed by atoms with Gasteiger partial charge in [-0.3, -0.25) is 19.5 Å². The summed E-state index contributed by atoms with van der Waals surface area (Å²) in [5, 5.41) is 34.7. The molecule has 2 heterocycles. The van der Waals surface area contributed by atoms with E-state index >= 15 is 0 Å². The minimum atomic E-state index is -1.49. The second-order valence-corrected chi connectivity index (χ2v) is 10.8. The van der Waals surface area contributed by atoms with Crippen molar-refractivity contribution in [3.8, 4) is 0 Å². The van der Waals surface area contributed by atoms with Gasteiger partial charge in [0.05, 0.1) is 21.2 Å². The van der Waals surface area contributed by atoms with E-state index in [1.165, 1.54) is 23.5 Å². The summed E-state index contributed by atoms with van der Waals surface area (Å²) < 4.78 is 1.95. The Labute approximate surface area is 227 Å². The highest BCUT2D eigenvalue weighted by Gasteiger charge is 2.49. The predicted molar refractivity (Wildman–Crippen MR) is 148 cm³/mol. The lowest BCUT2D eigenvalue weighted by Crippen LogP contribution is -2.53. The molecule has 1 aromatic heterocycles. The summed E-state index contributed by atoms with van der Waals surface area (Å²) in [5.74, 6) is 0. The zero-order valence-corrected chi connectivity index (χ0v) is 21.6. The van der Waals surface area contributed by atoms with Gasteiger partial charge in [0.25, 0.3) is 11.2 Å². The molecule has 2 aliphatic rings. The minimum Gasteiger partial charge on any atom is -0.384 e. The van der Waals surface area contributed by atoms with E-state index < -0.39 is 22.7 Å². The van der Waals surface area contributed by atoms with Crippen LogP contribution in [-0.2, 0) is 0 Å². The van der Waals surface area contributed by atoms with Gasteiger partial charge in [-0.25, -0.2) is 4.99 Å². The van der Waals surface area contributed by atoms with Crippen LogP contribution in [0.25, 0.3) is 6.08 Å². The Hall–Kier alpha value is -4.18. The van der Waals surface area contributed by atoms with Gasteiger partial charge in [-0.2, -0.15) is 0 Å². The van der Waals surface area contributed by atoms with Gasteiger partial charge >= 0.3 is 0 Å². The van der Waals surface area contributed by atoms with Crippen LogP contribution in [0.2, 0.25) is 0 Å². The molecule has 0 amide bonds. The largest absolute Gasteiger partial charge is 0.384 e. The fraction of sp³-hybridized carbons (Fsp3) is 0.200.